The summed E-state index contributed by atoms with van der Waals surface area (Å²) in [5, 5.41) is 5.74. The van der Waals surface area contributed by atoms with Gasteiger partial charge in [0.25, 0.3) is 0 Å². The molecule has 1 aromatic heterocycles. The van der Waals surface area contributed by atoms with E-state index in [2.05, 4.69) is 10.3 Å². The Labute approximate surface area is 98.4 Å². The summed E-state index contributed by atoms with van der Waals surface area (Å²) >= 11 is 1.52. The Balaban J connectivity index is 1.90. The van der Waals surface area contributed by atoms with Gasteiger partial charge in [-0.3, -0.25) is 4.79 Å². The number of morpholine rings is 1. The zero-order chi connectivity index (χ0) is 11.4. The van der Waals surface area contributed by atoms with Gasteiger partial charge in [-0.05, 0) is 0 Å². The minimum absolute atomic E-state index is 0.135. The molecular weight excluding hydrogens is 226 g/mol. The van der Waals surface area contributed by atoms with Gasteiger partial charge < -0.3 is 15.0 Å². The van der Waals surface area contributed by atoms with Crippen LogP contribution in [0.2, 0.25) is 0 Å². The van der Waals surface area contributed by atoms with Gasteiger partial charge >= 0.3 is 0 Å². The van der Waals surface area contributed by atoms with E-state index >= 15 is 0 Å². The van der Waals surface area contributed by atoms with Crippen LogP contribution < -0.4 is 5.32 Å². The first-order valence-corrected chi connectivity index (χ1v) is 6.15. The monoisotopic (exact) mass is 241 g/mol. The van der Waals surface area contributed by atoms with E-state index in [1.165, 1.54) is 11.3 Å². The van der Waals surface area contributed by atoms with E-state index in [0.29, 0.717) is 32.7 Å². The van der Waals surface area contributed by atoms with Crippen LogP contribution in [-0.4, -0.2) is 49.1 Å². The number of anilines is 1. The van der Waals surface area contributed by atoms with E-state index in [4.69, 9.17) is 4.74 Å². The number of hydrogen-bond acceptors (Lipinski definition) is 5. The molecule has 1 amide bonds. The molecule has 0 spiro atoms. The molecule has 1 aliphatic heterocycles. The highest BCUT2D eigenvalue weighted by atomic mass is 32.1. The number of hydrogen-bond donors (Lipinski definition) is 1. The fourth-order valence-corrected chi connectivity index (χ4v) is 2.25. The number of amides is 1. The van der Waals surface area contributed by atoms with Crippen LogP contribution in [0.25, 0.3) is 0 Å². The first-order chi connectivity index (χ1) is 7.79. The number of ether oxygens (including phenoxy) is 1. The van der Waals surface area contributed by atoms with Crippen molar-refractivity contribution in [3.05, 3.63) is 11.1 Å². The van der Waals surface area contributed by atoms with Crippen molar-refractivity contribution in [3.8, 4) is 0 Å². The topological polar surface area (TPSA) is 54.5 Å². The number of rotatable bonds is 3. The molecular formula is C10H15N3O2S. The normalized spacial score (nSPS) is 16.2. The minimum atomic E-state index is 0.135. The molecule has 88 valence electrons. The third-order valence-corrected chi connectivity index (χ3v) is 3.37. The van der Waals surface area contributed by atoms with Crippen molar-refractivity contribution in [1.82, 2.24) is 9.88 Å². The van der Waals surface area contributed by atoms with E-state index in [1.54, 1.807) is 0 Å². The van der Waals surface area contributed by atoms with E-state index in [0.717, 1.165) is 10.8 Å². The smallest absolute Gasteiger partial charge is 0.228 e. The lowest BCUT2D eigenvalue weighted by Gasteiger charge is -2.26. The lowest BCUT2D eigenvalue weighted by atomic mass is 10.3. The van der Waals surface area contributed by atoms with Gasteiger partial charge in [0, 0.05) is 25.5 Å². The maximum Gasteiger partial charge on any atom is 0.228 e. The van der Waals surface area contributed by atoms with Crippen molar-refractivity contribution in [2.45, 2.75) is 6.42 Å². The van der Waals surface area contributed by atoms with Gasteiger partial charge in [-0.1, -0.05) is 0 Å². The quantitative estimate of drug-likeness (QED) is 0.841. The molecule has 16 heavy (non-hydrogen) atoms. The van der Waals surface area contributed by atoms with Crippen LogP contribution in [0, 0.1) is 0 Å². The number of nitrogens with zero attached hydrogens (tertiary/aromatic N) is 2. The average Bonchev–Trinajstić information content (AvgIpc) is 2.78. The molecule has 1 aromatic rings. The van der Waals surface area contributed by atoms with Gasteiger partial charge in [0.15, 0.2) is 5.13 Å². The van der Waals surface area contributed by atoms with Crippen molar-refractivity contribution >= 4 is 22.4 Å². The molecule has 1 N–H and O–H groups in total. The summed E-state index contributed by atoms with van der Waals surface area (Å²) < 4.78 is 5.20. The molecule has 1 fully saturated rings. The van der Waals surface area contributed by atoms with E-state index in [-0.39, 0.29) is 5.91 Å². The second kappa shape index (κ2) is 5.27. The molecule has 0 aliphatic carbocycles. The molecule has 2 heterocycles. The summed E-state index contributed by atoms with van der Waals surface area (Å²) in [4.78, 5) is 18.0. The highest BCUT2D eigenvalue weighted by Crippen LogP contribution is 2.15. The second-order valence-electron chi connectivity index (χ2n) is 3.56. The number of thiazole rings is 1. The van der Waals surface area contributed by atoms with Crippen LogP contribution in [0.4, 0.5) is 5.13 Å². The van der Waals surface area contributed by atoms with Crippen LogP contribution in [-0.2, 0) is 16.0 Å². The van der Waals surface area contributed by atoms with Crippen molar-refractivity contribution < 1.29 is 9.53 Å². The Morgan fingerprint density at radius 2 is 2.38 bits per heavy atom. The number of nitrogens with one attached hydrogen (secondary N) is 1. The van der Waals surface area contributed by atoms with E-state index in [9.17, 15) is 4.79 Å². The predicted octanol–water partition coefficient (Wildman–Crippen LogP) is 0.586. The highest BCUT2D eigenvalue weighted by Gasteiger charge is 2.17. The van der Waals surface area contributed by atoms with Crippen molar-refractivity contribution in [1.29, 1.82) is 0 Å². The minimum Gasteiger partial charge on any atom is -0.378 e. The summed E-state index contributed by atoms with van der Waals surface area (Å²) in [6, 6.07) is 0. The molecule has 0 bridgehead atoms. The molecule has 0 atom stereocenters. The third kappa shape index (κ3) is 2.70. The zero-order valence-corrected chi connectivity index (χ0v) is 10.0. The molecule has 0 radical (unpaired) electrons. The summed E-state index contributed by atoms with van der Waals surface area (Å²) in [5.74, 6) is 0.135. The lowest BCUT2D eigenvalue weighted by molar-refractivity contribution is -0.134. The van der Waals surface area contributed by atoms with E-state index < -0.39 is 0 Å². The van der Waals surface area contributed by atoms with Gasteiger partial charge in [-0.2, -0.15) is 0 Å². The number of aromatic nitrogens is 1. The highest BCUT2D eigenvalue weighted by molar-refractivity contribution is 7.13. The molecule has 2 rings (SSSR count). The average molecular weight is 241 g/mol. The molecule has 0 aromatic carbocycles. The molecule has 1 aliphatic rings. The second-order valence-corrected chi connectivity index (χ2v) is 4.42. The molecule has 0 unspecified atom stereocenters. The Morgan fingerprint density at radius 3 is 3.00 bits per heavy atom. The van der Waals surface area contributed by atoms with Gasteiger partial charge in [-0.25, -0.2) is 4.98 Å². The summed E-state index contributed by atoms with van der Waals surface area (Å²) in [5.41, 5.74) is 0.839. The Hall–Kier alpha value is -1.14. The lowest BCUT2D eigenvalue weighted by Crippen LogP contribution is -2.41. The molecule has 5 nitrogen and oxygen atoms in total. The molecule has 6 heteroatoms. The summed E-state index contributed by atoms with van der Waals surface area (Å²) in [7, 11) is 1.83. The Bertz CT molecular complexity index is 361. The van der Waals surface area contributed by atoms with Crippen molar-refractivity contribution in [2.75, 3.05) is 38.7 Å². The number of carbonyl (C=O) groups excluding carboxylic acids is 1. The Morgan fingerprint density at radius 1 is 1.62 bits per heavy atom. The SMILES string of the molecule is CNc1nc(CC(=O)N2CCOCC2)cs1. The van der Waals surface area contributed by atoms with Crippen molar-refractivity contribution in [3.63, 3.8) is 0 Å². The first-order valence-electron chi connectivity index (χ1n) is 5.27. The Kier molecular flexibility index (Phi) is 3.74. The van der Waals surface area contributed by atoms with Crippen LogP contribution in [0.3, 0.4) is 0 Å². The van der Waals surface area contributed by atoms with Crippen LogP contribution >= 0.6 is 11.3 Å². The van der Waals surface area contributed by atoms with Gasteiger partial charge in [0.1, 0.15) is 0 Å². The van der Waals surface area contributed by atoms with Gasteiger partial charge in [0.2, 0.25) is 5.91 Å². The first kappa shape index (κ1) is 11.3. The van der Waals surface area contributed by atoms with Crippen molar-refractivity contribution in [2.24, 2.45) is 0 Å². The van der Waals surface area contributed by atoms with Gasteiger partial charge in [-0.15, -0.1) is 11.3 Å². The summed E-state index contributed by atoms with van der Waals surface area (Å²) in [6.07, 6.45) is 0.387. The largest absolute Gasteiger partial charge is 0.378 e. The third-order valence-electron chi connectivity index (χ3n) is 2.46. The van der Waals surface area contributed by atoms with Crippen LogP contribution in [0.1, 0.15) is 5.69 Å². The summed E-state index contributed by atoms with van der Waals surface area (Å²) in [6.45, 7) is 2.68. The number of carbonyl (C=O) groups is 1. The molecule has 0 saturated carbocycles. The van der Waals surface area contributed by atoms with E-state index in [1.807, 2.05) is 17.3 Å². The van der Waals surface area contributed by atoms with Crippen LogP contribution in [0.15, 0.2) is 5.38 Å². The fraction of sp³-hybridized carbons (Fsp3) is 0.600. The standard InChI is InChI=1S/C10H15N3O2S/c1-11-10-12-8(7-16-10)6-9(14)13-2-4-15-5-3-13/h7H,2-6H2,1H3,(H,11,12). The van der Waals surface area contributed by atoms with Gasteiger partial charge in [0.05, 0.1) is 25.3 Å². The van der Waals surface area contributed by atoms with Crippen LogP contribution in [0.5, 0.6) is 0 Å². The maximum atomic E-state index is 11.9. The molecule has 1 saturated heterocycles. The zero-order valence-electron chi connectivity index (χ0n) is 9.23. The maximum absolute atomic E-state index is 11.9. The predicted molar refractivity (Wildman–Crippen MR) is 62.8 cm³/mol. The fourth-order valence-electron chi connectivity index (χ4n) is 1.58.